The molecule has 1 N–H and O–H groups in total. The van der Waals surface area contributed by atoms with E-state index in [-0.39, 0.29) is 5.78 Å². The van der Waals surface area contributed by atoms with Crippen LogP contribution in [0.25, 0.3) is 0 Å². The maximum absolute atomic E-state index is 13.0. The van der Waals surface area contributed by atoms with Gasteiger partial charge in [0.1, 0.15) is 0 Å². The third-order valence-electron chi connectivity index (χ3n) is 5.17. The van der Waals surface area contributed by atoms with Gasteiger partial charge >= 0.3 is 0 Å². The molecule has 5 heteroatoms. The summed E-state index contributed by atoms with van der Waals surface area (Å²) in [6.45, 7) is 0. The second-order valence-corrected chi connectivity index (χ2v) is 7.32. The second kappa shape index (κ2) is 5.26. The van der Waals surface area contributed by atoms with Crippen molar-refractivity contribution in [3.63, 3.8) is 0 Å². The third-order valence-corrected chi connectivity index (χ3v) is 5.66. The van der Waals surface area contributed by atoms with E-state index in [1.807, 2.05) is 24.3 Å². The Hall–Kier alpha value is -1.98. The summed E-state index contributed by atoms with van der Waals surface area (Å²) in [6.07, 6.45) is 1.13. The molecule has 1 heterocycles. The Bertz CT molecular complexity index is 879. The van der Waals surface area contributed by atoms with Gasteiger partial charge in [0.25, 0.3) is 5.91 Å². The van der Waals surface area contributed by atoms with E-state index in [1.54, 1.807) is 25.2 Å². The number of likely N-dealkylation sites (N-methyl/N-ethyl adjacent to an activating group) is 1. The molecular formula is C19H16BrNO3. The van der Waals surface area contributed by atoms with E-state index < -0.39 is 17.4 Å². The lowest BCUT2D eigenvalue weighted by molar-refractivity contribution is -0.140. The van der Waals surface area contributed by atoms with Crippen LogP contribution in [0.15, 0.2) is 46.9 Å². The number of halogens is 1. The SMILES string of the molecule is CN1C(=O)[C@@](O)([C@@H]2CCc3ccccc3C2=O)c2cc(Br)ccc21. The molecule has 4 nitrogen and oxygen atoms in total. The lowest BCUT2D eigenvalue weighted by Gasteiger charge is -2.34. The van der Waals surface area contributed by atoms with E-state index in [2.05, 4.69) is 15.9 Å². The number of benzene rings is 2. The van der Waals surface area contributed by atoms with Gasteiger partial charge in [-0.3, -0.25) is 9.59 Å². The van der Waals surface area contributed by atoms with Crippen LogP contribution in [-0.4, -0.2) is 23.8 Å². The molecule has 0 unspecified atom stereocenters. The summed E-state index contributed by atoms with van der Waals surface area (Å²) in [5.74, 6) is -1.36. The fraction of sp³-hybridized carbons (Fsp3) is 0.263. The Kier molecular flexibility index (Phi) is 3.41. The number of fused-ring (bicyclic) bond motifs is 2. The first kappa shape index (κ1) is 15.5. The molecular weight excluding hydrogens is 370 g/mol. The van der Waals surface area contributed by atoms with Gasteiger partial charge in [0.2, 0.25) is 0 Å². The van der Waals surface area contributed by atoms with Crippen LogP contribution in [0.2, 0.25) is 0 Å². The zero-order valence-electron chi connectivity index (χ0n) is 13.1. The number of ketones is 1. The minimum atomic E-state index is -1.81. The molecule has 0 spiro atoms. The van der Waals surface area contributed by atoms with Crippen LogP contribution < -0.4 is 4.90 Å². The summed E-state index contributed by atoms with van der Waals surface area (Å²) in [7, 11) is 1.63. The average Bonchev–Trinajstić information content (AvgIpc) is 2.77. The van der Waals surface area contributed by atoms with Crippen LogP contribution in [-0.2, 0) is 16.8 Å². The topological polar surface area (TPSA) is 57.6 Å². The molecule has 4 rings (SSSR count). The second-order valence-electron chi connectivity index (χ2n) is 6.40. The first-order valence-electron chi connectivity index (χ1n) is 7.87. The molecule has 2 aromatic carbocycles. The number of Topliss-reactive ketones (excluding diaryl/α,β-unsaturated/α-hetero) is 1. The maximum atomic E-state index is 13.0. The van der Waals surface area contributed by atoms with Gasteiger partial charge in [-0.25, -0.2) is 0 Å². The van der Waals surface area contributed by atoms with Crippen molar-refractivity contribution < 1.29 is 14.7 Å². The van der Waals surface area contributed by atoms with Crippen LogP contribution in [0, 0.1) is 5.92 Å². The average molecular weight is 386 g/mol. The van der Waals surface area contributed by atoms with Crippen LogP contribution >= 0.6 is 15.9 Å². The van der Waals surface area contributed by atoms with Crippen molar-refractivity contribution in [2.45, 2.75) is 18.4 Å². The molecule has 0 bridgehead atoms. The monoisotopic (exact) mass is 385 g/mol. The summed E-state index contributed by atoms with van der Waals surface area (Å²) in [4.78, 5) is 27.3. The highest BCUT2D eigenvalue weighted by atomic mass is 79.9. The minimum Gasteiger partial charge on any atom is -0.375 e. The summed E-state index contributed by atoms with van der Waals surface area (Å²) >= 11 is 3.40. The molecule has 0 radical (unpaired) electrons. The van der Waals surface area contributed by atoms with Crippen molar-refractivity contribution in [1.82, 2.24) is 0 Å². The maximum Gasteiger partial charge on any atom is 0.264 e. The summed E-state index contributed by atoms with van der Waals surface area (Å²) in [6, 6.07) is 12.8. The minimum absolute atomic E-state index is 0.158. The number of hydrogen-bond acceptors (Lipinski definition) is 3. The number of nitrogens with zero attached hydrogens (tertiary/aromatic N) is 1. The number of aryl methyl sites for hydroxylation is 1. The Labute approximate surface area is 148 Å². The number of carbonyl (C=O) groups is 2. The largest absolute Gasteiger partial charge is 0.375 e. The predicted octanol–water partition coefficient (Wildman–Crippen LogP) is 3.06. The molecule has 0 fully saturated rings. The molecule has 1 aliphatic carbocycles. The standard InChI is InChI=1S/C19H16BrNO3/c1-21-16-9-7-12(20)10-15(16)19(24,18(21)23)14-8-6-11-4-2-3-5-13(11)17(14)22/h2-5,7,9-10,14,24H,6,8H2,1H3/t14-,19-/m1/s1. The van der Waals surface area contributed by atoms with Crippen molar-refractivity contribution in [2.75, 3.05) is 11.9 Å². The lowest BCUT2D eigenvalue weighted by atomic mass is 9.71. The van der Waals surface area contributed by atoms with Crippen molar-refractivity contribution in [3.05, 3.63) is 63.6 Å². The van der Waals surface area contributed by atoms with Crippen LogP contribution in [0.5, 0.6) is 0 Å². The van der Waals surface area contributed by atoms with Crippen LogP contribution in [0.1, 0.15) is 27.9 Å². The molecule has 1 amide bonds. The van der Waals surface area contributed by atoms with E-state index in [4.69, 9.17) is 0 Å². The van der Waals surface area contributed by atoms with Gasteiger partial charge in [-0.15, -0.1) is 0 Å². The van der Waals surface area contributed by atoms with E-state index in [0.717, 1.165) is 10.0 Å². The van der Waals surface area contributed by atoms with Gasteiger partial charge < -0.3 is 10.0 Å². The fourth-order valence-electron chi connectivity index (χ4n) is 3.92. The number of rotatable bonds is 1. The summed E-state index contributed by atoms with van der Waals surface area (Å²) < 4.78 is 0.770. The Morgan fingerprint density at radius 3 is 2.75 bits per heavy atom. The normalized spacial score (nSPS) is 25.6. The summed E-state index contributed by atoms with van der Waals surface area (Å²) in [5.41, 5.74) is 0.939. The Balaban J connectivity index is 1.87. The van der Waals surface area contributed by atoms with Gasteiger partial charge in [-0.1, -0.05) is 40.2 Å². The number of carbonyl (C=O) groups excluding carboxylic acids is 2. The first-order chi connectivity index (χ1) is 11.4. The molecule has 1 aliphatic heterocycles. The number of amides is 1. The van der Waals surface area contributed by atoms with Gasteiger partial charge in [-0.05, 0) is 36.6 Å². The van der Waals surface area contributed by atoms with E-state index in [0.29, 0.717) is 29.7 Å². The quantitative estimate of drug-likeness (QED) is 0.820. The molecule has 0 saturated carbocycles. The van der Waals surface area contributed by atoms with E-state index >= 15 is 0 Å². The smallest absolute Gasteiger partial charge is 0.264 e. The zero-order chi connectivity index (χ0) is 17.1. The van der Waals surface area contributed by atoms with Gasteiger partial charge in [0.05, 0.1) is 11.6 Å². The molecule has 0 aromatic heterocycles. The highest BCUT2D eigenvalue weighted by Gasteiger charge is 2.56. The molecule has 24 heavy (non-hydrogen) atoms. The van der Waals surface area contributed by atoms with Crippen molar-refractivity contribution in [3.8, 4) is 0 Å². The number of aliphatic hydroxyl groups is 1. The predicted molar refractivity (Wildman–Crippen MR) is 94.0 cm³/mol. The zero-order valence-corrected chi connectivity index (χ0v) is 14.7. The molecule has 2 atom stereocenters. The fourth-order valence-corrected chi connectivity index (χ4v) is 4.28. The van der Waals surface area contributed by atoms with E-state index in [1.165, 1.54) is 4.90 Å². The Morgan fingerprint density at radius 1 is 1.21 bits per heavy atom. The highest BCUT2D eigenvalue weighted by molar-refractivity contribution is 9.10. The lowest BCUT2D eigenvalue weighted by Crippen LogP contribution is -2.49. The van der Waals surface area contributed by atoms with Gasteiger partial charge in [0, 0.05) is 22.6 Å². The molecule has 2 aliphatic rings. The highest BCUT2D eigenvalue weighted by Crippen LogP contribution is 2.48. The molecule has 122 valence electrons. The van der Waals surface area contributed by atoms with Crippen molar-refractivity contribution >= 4 is 33.3 Å². The molecule has 0 saturated heterocycles. The number of anilines is 1. The van der Waals surface area contributed by atoms with Gasteiger partial charge in [-0.2, -0.15) is 0 Å². The van der Waals surface area contributed by atoms with Crippen molar-refractivity contribution in [2.24, 2.45) is 5.92 Å². The first-order valence-corrected chi connectivity index (χ1v) is 8.66. The Morgan fingerprint density at radius 2 is 1.96 bits per heavy atom. The summed E-state index contributed by atoms with van der Waals surface area (Å²) in [5, 5.41) is 11.4. The number of hydrogen-bond donors (Lipinski definition) is 1. The van der Waals surface area contributed by atoms with Crippen LogP contribution in [0.3, 0.4) is 0 Å². The van der Waals surface area contributed by atoms with Crippen molar-refractivity contribution in [1.29, 1.82) is 0 Å². The van der Waals surface area contributed by atoms with Crippen LogP contribution in [0.4, 0.5) is 5.69 Å². The third kappa shape index (κ3) is 1.95. The molecule has 2 aromatic rings. The van der Waals surface area contributed by atoms with E-state index in [9.17, 15) is 14.7 Å². The van der Waals surface area contributed by atoms with Gasteiger partial charge in [0.15, 0.2) is 11.4 Å².